The molecule has 1 aromatic heterocycles. The molecular weight excluding hydrogens is 332 g/mol. The molecule has 1 unspecified atom stereocenters. The van der Waals surface area contributed by atoms with Crippen molar-refractivity contribution in [1.29, 1.82) is 0 Å². The molecule has 0 bridgehead atoms. The zero-order valence-corrected chi connectivity index (χ0v) is 15.2. The van der Waals surface area contributed by atoms with E-state index in [1.165, 1.54) is 11.3 Å². The van der Waals surface area contributed by atoms with E-state index in [4.69, 9.17) is 16.3 Å². The number of nitrogens with zero attached hydrogens (tertiary/aromatic N) is 2. The highest BCUT2D eigenvalue weighted by Crippen LogP contribution is 2.33. The summed E-state index contributed by atoms with van der Waals surface area (Å²) in [5, 5.41) is 1.40. The lowest BCUT2D eigenvalue weighted by atomic mass is 9.94. The third-order valence-corrected chi connectivity index (χ3v) is 5.14. The van der Waals surface area contributed by atoms with Gasteiger partial charge in [-0.15, -0.1) is 0 Å². The van der Waals surface area contributed by atoms with Crippen molar-refractivity contribution in [2.45, 2.75) is 39.7 Å². The van der Waals surface area contributed by atoms with Gasteiger partial charge in [-0.25, -0.2) is 4.98 Å². The summed E-state index contributed by atoms with van der Waals surface area (Å²) in [6.07, 6.45) is 2.14. The van der Waals surface area contributed by atoms with Crippen LogP contribution in [-0.2, 0) is 9.53 Å². The molecule has 2 heterocycles. The Bertz CT molecular complexity index is 717. The molecule has 1 aromatic carbocycles. The lowest BCUT2D eigenvalue weighted by Gasteiger charge is -2.29. The van der Waals surface area contributed by atoms with Crippen molar-refractivity contribution >= 4 is 44.2 Å². The minimum atomic E-state index is -0.464. The Kier molecular flexibility index (Phi) is 4.63. The van der Waals surface area contributed by atoms with Gasteiger partial charge in [-0.1, -0.05) is 43.7 Å². The Hall–Kier alpha value is -1.17. The Balaban J connectivity index is 1.96. The molecule has 1 fully saturated rings. The first-order valence-electron chi connectivity index (χ1n) is 7.84. The number of halogens is 1. The summed E-state index contributed by atoms with van der Waals surface area (Å²) in [4.78, 5) is 19.3. The van der Waals surface area contributed by atoms with Crippen LogP contribution in [0.15, 0.2) is 18.2 Å². The number of hydrogen-bond acceptors (Lipinski definition) is 4. The molecule has 0 radical (unpaired) electrons. The number of hydrogen-bond donors (Lipinski definition) is 0. The number of amides is 1. The molecule has 124 valence electrons. The van der Waals surface area contributed by atoms with E-state index in [0.29, 0.717) is 11.6 Å². The van der Waals surface area contributed by atoms with Crippen LogP contribution >= 0.6 is 22.9 Å². The van der Waals surface area contributed by atoms with Gasteiger partial charge in [0.15, 0.2) is 5.13 Å². The lowest BCUT2D eigenvalue weighted by molar-refractivity contribution is -0.126. The SMILES string of the molecule is CC(C)(C)C(=O)N(CC1CCCO1)c1nc2ccc(Cl)cc2s1. The van der Waals surface area contributed by atoms with Crippen molar-refractivity contribution in [3.05, 3.63) is 23.2 Å². The Labute approximate surface area is 145 Å². The maximum Gasteiger partial charge on any atom is 0.234 e. The third kappa shape index (κ3) is 3.67. The quantitative estimate of drug-likeness (QED) is 0.816. The second-order valence-electron chi connectivity index (χ2n) is 6.91. The largest absolute Gasteiger partial charge is 0.376 e. The Morgan fingerprint density at radius 1 is 1.48 bits per heavy atom. The maximum absolute atomic E-state index is 12.9. The predicted octanol–water partition coefficient (Wildman–Crippen LogP) is 4.51. The highest BCUT2D eigenvalue weighted by Gasteiger charge is 2.32. The average Bonchev–Trinajstić information content (AvgIpc) is 3.11. The van der Waals surface area contributed by atoms with E-state index in [9.17, 15) is 4.79 Å². The maximum atomic E-state index is 12.9. The van der Waals surface area contributed by atoms with Gasteiger partial charge in [-0.2, -0.15) is 0 Å². The molecule has 3 rings (SSSR count). The van der Waals surface area contributed by atoms with Crippen LogP contribution < -0.4 is 4.90 Å². The smallest absolute Gasteiger partial charge is 0.234 e. The highest BCUT2D eigenvalue weighted by molar-refractivity contribution is 7.22. The summed E-state index contributed by atoms with van der Waals surface area (Å²) in [5.41, 5.74) is 0.405. The van der Waals surface area contributed by atoms with Gasteiger partial charge < -0.3 is 4.74 Å². The standard InChI is InChI=1S/C17H21ClN2O2S/c1-17(2,3)15(21)20(10-12-5-4-8-22-12)16-19-13-7-6-11(18)9-14(13)23-16/h6-7,9,12H,4-5,8,10H2,1-3H3. The van der Waals surface area contributed by atoms with E-state index < -0.39 is 5.41 Å². The number of fused-ring (bicyclic) bond motifs is 1. The summed E-state index contributed by atoms with van der Waals surface area (Å²) in [5.74, 6) is 0.0677. The molecule has 0 N–H and O–H groups in total. The van der Waals surface area contributed by atoms with Crippen LogP contribution in [0.5, 0.6) is 0 Å². The van der Waals surface area contributed by atoms with Crippen LogP contribution in [0.4, 0.5) is 5.13 Å². The van der Waals surface area contributed by atoms with Gasteiger partial charge in [-0.05, 0) is 31.0 Å². The van der Waals surface area contributed by atoms with Gasteiger partial charge in [0, 0.05) is 17.0 Å². The number of ether oxygens (including phenoxy) is 1. The minimum absolute atomic E-state index is 0.0677. The van der Waals surface area contributed by atoms with Crippen molar-refractivity contribution in [3.8, 4) is 0 Å². The molecule has 0 aliphatic carbocycles. The number of thiazole rings is 1. The Morgan fingerprint density at radius 3 is 2.91 bits per heavy atom. The number of anilines is 1. The fourth-order valence-electron chi connectivity index (χ4n) is 2.65. The van der Waals surface area contributed by atoms with Gasteiger partial charge in [-0.3, -0.25) is 9.69 Å². The normalized spacial score (nSPS) is 18.5. The molecule has 0 spiro atoms. The topological polar surface area (TPSA) is 42.4 Å². The summed E-state index contributed by atoms with van der Waals surface area (Å²) in [7, 11) is 0. The van der Waals surface area contributed by atoms with Crippen LogP contribution in [0.1, 0.15) is 33.6 Å². The number of carbonyl (C=O) groups excluding carboxylic acids is 1. The van der Waals surface area contributed by atoms with Crippen LogP contribution in [0.3, 0.4) is 0 Å². The summed E-state index contributed by atoms with van der Waals surface area (Å²) in [6, 6.07) is 5.61. The summed E-state index contributed by atoms with van der Waals surface area (Å²) in [6.45, 7) is 7.13. The predicted molar refractivity (Wildman–Crippen MR) is 95.4 cm³/mol. The van der Waals surface area contributed by atoms with Crippen molar-refractivity contribution in [2.75, 3.05) is 18.1 Å². The summed E-state index contributed by atoms with van der Waals surface area (Å²) < 4.78 is 6.71. The zero-order chi connectivity index (χ0) is 16.6. The van der Waals surface area contributed by atoms with E-state index in [1.807, 2.05) is 39.0 Å². The van der Waals surface area contributed by atoms with Gasteiger partial charge >= 0.3 is 0 Å². The van der Waals surface area contributed by atoms with E-state index in [1.54, 1.807) is 4.90 Å². The van der Waals surface area contributed by atoms with Crippen molar-refractivity contribution in [1.82, 2.24) is 4.98 Å². The van der Waals surface area contributed by atoms with Crippen molar-refractivity contribution < 1.29 is 9.53 Å². The molecule has 4 nitrogen and oxygen atoms in total. The molecule has 1 amide bonds. The molecule has 23 heavy (non-hydrogen) atoms. The first kappa shape index (κ1) is 16.7. The highest BCUT2D eigenvalue weighted by atomic mass is 35.5. The Morgan fingerprint density at radius 2 is 2.26 bits per heavy atom. The molecule has 1 atom stereocenters. The molecule has 0 saturated carbocycles. The lowest BCUT2D eigenvalue weighted by Crippen LogP contribution is -2.43. The number of aromatic nitrogens is 1. The first-order chi connectivity index (χ1) is 10.8. The van der Waals surface area contributed by atoms with E-state index in [2.05, 4.69) is 4.98 Å². The second kappa shape index (κ2) is 6.38. The molecule has 6 heteroatoms. The fourth-order valence-corrected chi connectivity index (χ4v) is 3.90. The van der Waals surface area contributed by atoms with Gasteiger partial charge in [0.2, 0.25) is 5.91 Å². The second-order valence-corrected chi connectivity index (χ2v) is 8.35. The van der Waals surface area contributed by atoms with Crippen LogP contribution in [-0.4, -0.2) is 30.1 Å². The first-order valence-corrected chi connectivity index (χ1v) is 9.04. The van der Waals surface area contributed by atoms with E-state index in [-0.39, 0.29) is 12.0 Å². The van der Waals surface area contributed by atoms with Gasteiger partial charge in [0.1, 0.15) is 0 Å². The van der Waals surface area contributed by atoms with E-state index >= 15 is 0 Å². The third-order valence-electron chi connectivity index (χ3n) is 3.87. The van der Waals surface area contributed by atoms with Crippen LogP contribution in [0, 0.1) is 5.41 Å². The van der Waals surface area contributed by atoms with Crippen molar-refractivity contribution in [3.63, 3.8) is 0 Å². The van der Waals surface area contributed by atoms with Crippen molar-refractivity contribution in [2.24, 2.45) is 5.41 Å². The molecule has 2 aromatic rings. The number of carbonyl (C=O) groups is 1. The van der Waals surface area contributed by atoms with Crippen LogP contribution in [0.2, 0.25) is 5.02 Å². The molecule has 1 saturated heterocycles. The summed E-state index contributed by atoms with van der Waals surface area (Å²) >= 11 is 7.56. The average molecular weight is 353 g/mol. The molecule has 1 aliphatic heterocycles. The fraction of sp³-hybridized carbons (Fsp3) is 0.529. The molecular formula is C17H21ClN2O2S. The van der Waals surface area contributed by atoms with Gasteiger partial charge in [0.05, 0.1) is 22.9 Å². The van der Waals surface area contributed by atoms with E-state index in [0.717, 1.165) is 34.8 Å². The van der Waals surface area contributed by atoms with Crippen LogP contribution in [0.25, 0.3) is 10.2 Å². The molecule has 1 aliphatic rings. The zero-order valence-electron chi connectivity index (χ0n) is 13.6. The minimum Gasteiger partial charge on any atom is -0.376 e. The van der Waals surface area contributed by atoms with Gasteiger partial charge in [0.25, 0.3) is 0 Å². The number of rotatable bonds is 3. The monoisotopic (exact) mass is 352 g/mol. The number of benzene rings is 1.